The second-order valence-corrected chi connectivity index (χ2v) is 36.5. The van der Waals surface area contributed by atoms with Crippen LogP contribution < -0.4 is 31.7 Å². The van der Waals surface area contributed by atoms with Crippen LogP contribution in [0.3, 0.4) is 0 Å². The predicted octanol–water partition coefficient (Wildman–Crippen LogP) is 30.3. The highest BCUT2D eigenvalue weighted by Crippen LogP contribution is 2.56. The van der Waals surface area contributed by atoms with Crippen LogP contribution in [-0.2, 0) is 0 Å². The van der Waals surface area contributed by atoms with Gasteiger partial charge in [-0.25, -0.2) is 0 Å². The van der Waals surface area contributed by atoms with E-state index in [1.165, 1.54) is 202 Å². The van der Waals surface area contributed by atoms with Crippen molar-refractivity contribution in [2.75, 3.05) is 9.80 Å². The van der Waals surface area contributed by atoms with E-state index in [0.717, 1.165) is 94.8 Å². The first-order valence-corrected chi connectivity index (χ1v) is 45.2. The summed E-state index contributed by atoms with van der Waals surface area (Å²) in [6.45, 7) is 8.97. The van der Waals surface area contributed by atoms with E-state index in [0.29, 0.717) is 0 Å². The van der Waals surface area contributed by atoms with Crippen LogP contribution in [0.15, 0.2) is 393 Å². The maximum atomic E-state index is 7.92. The largest absolute Gasteiger partial charge is 0.455 e. The Morgan fingerprint density at radius 2 is 0.574 bits per heavy atom. The van der Waals surface area contributed by atoms with E-state index >= 15 is 0 Å². The third kappa shape index (κ3) is 9.75. The Hall–Kier alpha value is -16.2. The van der Waals surface area contributed by atoms with E-state index < -0.39 is 0 Å². The number of hydrogen-bond acceptors (Lipinski definition) is 3. The average Bonchev–Trinajstić information content (AvgIpc) is 1.52. The van der Waals surface area contributed by atoms with Gasteiger partial charge in [-0.2, -0.15) is 0 Å². The number of furan rings is 1. The minimum absolute atomic E-state index is 0.190. The van der Waals surface area contributed by atoms with Crippen molar-refractivity contribution in [2.24, 2.45) is 0 Å². The number of aromatic nitrogens is 2. The summed E-state index contributed by atoms with van der Waals surface area (Å²) in [7, 11) is 0. The summed E-state index contributed by atoms with van der Waals surface area (Å²) >= 11 is 0. The zero-order valence-electron chi connectivity index (χ0n) is 71.3. The molecule has 3 aromatic heterocycles. The van der Waals surface area contributed by atoms with E-state index in [1.807, 2.05) is 0 Å². The number of benzene rings is 22. The lowest BCUT2D eigenvalue weighted by molar-refractivity contribution is 0.670. The quantitative estimate of drug-likeness (QED) is 0.118. The molecule has 0 unspecified atom stereocenters. The van der Waals surface area contributed by atoms with Crippen LogP contribution in [0.5, 0.6) is 0 Å². The van der Waals surface area contributed by atoms with Crippen molar-refractivity contribution in [1.29, 1.82) is 0 Å². The van der Waals surface area contributed by atoms with Crippen LogP contribution in [0.4, 0.5) is 34.1 Å². The van der Waals surface area contributed by atoms with Crippen molar-refractivity contribution in [2.45, 2.75) is 27.7 Å². The Kier molecular flexibility index (Phi) is 14.5. The molecule has 0 fully saturated rings. The number of aryl methyl sites for hydroxylation is 4. The number of nitrogens with zero attached hydrogens (tertiary/aromatic N) is 4. The van der Waals surface area contributed by atoms with Crippen molar-refractivity contribution >= 4 is 211 Å². The molecular formula is C122H76B2N4O. The molecule has 0 spiro atoms. The Labute approximate surface area is 744 Å². The summed E-state index contributed by atoms with van der Waals surface area (Å²) in [5.41, 5.74) is 40.1. The van der Waals surface area contributed by atoms with Gasteiger partial charge >= 0.3 is 13.7 Å². The van der Waals surface area contributed by atoms with Crippen molar-refractivity contribution in [3.63, 3.8) is 0 Å². The van der Waals surface area contributed by atoms with Gasteiger partial charge in [0, 0.05) is 105 Å². The van der Waals surface area contributed by atoms with Gasteiger partial charge < -0.3 is 23.2 Å². The Morgan fingerprint density at radius 3 is 1.05 bits per heavy atom. The highest BCUT2D eigenvalue weighted by molar-refractivity contribution is 6.91. The maximum absolute atomic E-state index is 7.92. The van der Waals surface area contributed by atoms with Crippen molar-refractivity contribution in [1.82, 2.24) is 8.96 Å². The second-order valence-electron chi connectivity index (χ2n) is 36.5. The molecule has 7 heteroatoms. The minimum Gasteiger partial charge on any atom is -0.455 e. The third-order valence-corrected chi connectivity index (χ3v) is 30.0. The van der Waals surface area contributed by atoms with Gasteiger partial charge in [0.1, 0.15) is 11.2 Å². The fourth-order valence-electron chi connectivity index (χ4n) is 24.3. The van der Waals surface area contributed by atoms with Gasteiger partial charge in [-0.05, 0) is 312 Å². The number of fused-ring (bicyclic) bond motifs is 28. The first-order chi connectivity index (χ1) is 63.7. The minimum atomic E-state index is -0.264. The summed E-state index contributed by atoms with van der Waals surface area (Å²) in [5.74, 6) is 0. The van der Waals surface area contributed by atoms with Crippen LogP contribution in [0.25, 0.3) is 219 Å². The average molecular weight is 1640 g/mol. The van der Waals surface area contributed by atoms with Crippen LogP contribution in [0, 0.1) is 27.7 Å². The number of anilines is 6. The molecule has 7 heterocycles. The molecule has 4 aliphatic heterocycles. The molecule has 0 radical (unpaired) electrons. The zero-order chi connectivity index (χ0) is 84.6. The monoisotopic (exact) mass is 1630 g/mol. The fourth-order valence-corrected chi connectivity index (χ4v) is 24.3. The first kappa shape index (κ1) is 71.1. The standard InChI is InChI=1S/C122H76B2N4O/c1-69-88-40-23-24-41-89(88)70(2)100-66-110-106(64-98(69)100)124-119-112(126(110)87-57-84(75-33-13-7-14-34-75)54-85(58-87)76-35-15-8-16-36-76)68-102-94-52-50-78(63-113(94)129-122(102)117(119)104-61-80-38-18-22-44-93(80)116-96-46-26-28-48-108(96)128(124)121(104)116)77-49-51-90-71(3)99-65-105-109(67-101(99)72(4)97(90)59-77)125(86-55-82(73-29-9-5-10-30-73)53-83(56-86)74-31-11-6-12-32-74)111-62-81-39-19-20-42-91(81)114-103-60-79-37-17-21-43-92(79)115-95-45-25-27-47-107(95)127(120(103)115)123(105)118(111)114/h5-68H,1-4H3. The molecule has 0 aliphatic carbocycles. The zero-order valence-corrected chi connectivity index (χ0v) is 71.3. The highest BCUT2D eigenvalue weighted by Gasteiger charge is 2.48. The van der Waals surface area contributed by atoms with E-state index in [2.05, 4.69) is 435 Å². The van der Waals surface area contributed by atoms with Crippen LogP contribution in [0.1, 0.15) is 22.3 Å². The van der Waals surface area contributed by atoms with Crippen LogP contribution in [-0.4, -0.2) is 22.7 Å². The lowest BCUT2D eigenvalue weighted by atomic mass is 9.44. The van der Waals surface area contributed by atoms with Crippen molar-refractivity contribution in [3.05, 3.63) is 411 Å². The lowest BCUT2D eigenvalue weighted by Crippen LogP contribution is -2.56. The third-order valence-electron chi connectivity index (χ3n) is 30.0. The summed E-state index contributed by atoms with van der Waals surface area (Å²) in [6, 6.07) is 148. The van der Waals surface area contributed by atoms with Gasteiger partial charge in [-0.1, -0.05) is 285 Å². The fraction of sp³-hybridized carbons (Fsp3) is 0.0328. The van der Waals surface area contributed by atoms with Crippen molar-refractivity contribution in [3.8, 4) is 77.9 Å². The van der Waals surface area contributed by atoms with E-state index in [1.54, 1.807) is 0 Å². The molecule has 5 nitrogen and oxygen atoms in total. The molecule has 0 bridgehead atoms. The van der Waals surface area contributed by atoms with Crippen molar-refractivity contribution < 1.29 is 4.42 Å². The maximum Gasteiger partial charge on any atom is 0.333 e. The summed E-state index contributed by atoms with van der Waals surface area (Å²) in [4.78, 5) is 5.30. The Balaban J connectivity index is 0.674. The van der Waals surface area contributed by atoms with Gasteiger partial charge in [0.15, 0.2) is 0 Å². The second kappa shape index (κ2) is 26.2. The van der Waals surface area contributed by atoms with Gasteiger partial charge in [-0.3, -0.25) is 0 Å². The van der Waals surface area contributed by atoms with Crippen LogP contribution in [0.2, 0.25) is 0 Å². The smallest absolute Gasteiger partial charge is 0.333 e. The predicted molar refractivity (Wildman–Crippen MR) is 549 cm³/mol. The Bertz CT molecular complexity index is 9270. The molecular weight excluding hydrogens is 1560 g/mol. The van der Waals surface area contributed by atoms with E-state index in [-0.39, 0.29) is 13.7 Å². The molecule has 25 aromatic rings. The number of rotatable bonds is 7. The Morgan fingerprint density at radius 1 is 0.225 bits per heavy atom. The molecule has 0 atom stereocenters. The molecule has 0 saturated carbocycles. The number of hydrogen-bond donors (Lipinski definition) is 0. The molecule has 596 valence electrons. The van der Waals surface area contributed by atoms with Crippen LogP contribution >= 0.6 is 0 Å². The summed E-state index contributed by atoms with van der Waals surface area (Å²) in [5, 5.41) is 24.7. The first-order valence-electron chi connectivity index (χ1n) is 45.2. The molecule has 4 aliphatic rings. The van der Waals surface area contributed by atoms with E-state index in [9.17, 15) is 0 Å². The summed E-state index contributed by atoms with van der Waals surface area (Å²) in [6.07, 6.45) is 0. The molecule has 0 N–H and O–H groups in total. The lowest BCUT2D eigenvalue weighted by Gasteiger charge is -2.41. The normalized spacial score (nSPS) is 13.1. The highest BCUT2D eigenvalue weighted by atomic mass is 16.3. The van der Waals surface area contributed by atoms with Gasteiger partial charge in [0.2, 0.25) is 0 Å². The van der Waals surface area contributed by atoms with Gasteiger partial charge in [0.25, 0.3) is 0 Å². The van der Waals surface area contributed by atoms with E-state index in [4.69, 9.17) is 4.42 Å². The topological polar surface area (TPSA) is 29.5 Å². The van der Waals surface area contributed by atoms with Gasteiger partial charge in [-0.15, -0.1) is 0 Å². The molecule has 129 heavy (non-hydrogen) atoms. The molecule has 0 amide bonds. The summed E-state index contributed by atoms with van der Waals surface area (Å²) < 4.78 is 13.4. The molecule has 0 saturated heterocycles. The molecule has 22 aromatic carbocycles. The SMILES string of the molecule is Cc1c2ccc(-c3ccc4c(c3)oc3c5c6c(cc34)N(c3cc(-c4ccccc4)cc(-c4ccccc4)c3)c3cc4c(C)c7ccccc7c(C)c4cc3B6n3c4ccccc4c4c6ccccc6cc-5c43)cc2c(C)c2cc3c(cc12)B1c2c(cc4ccccc4c2-c2cc4ccccc4c4c5ccccc5n1c24)N3c1cc(-c2ccccc2)cc(-c2ccccc2)c1. The number of para-hydroxylation sites is 2. The van der Waals surface area contributed by atoms with Gasteiger partial charge in [0.05, 0.1) is 0 Å². The molecule has 29 rings (SSSR count).